The van der Waals surface area contributed by atoms with Gasteiger partial charge in [0.1, 0.15) is 0 Å². The Morgan fingerprint density at radius 3 is 2.33 bits per heavy atom. The Balaban J connectivity index is 1.50. The van der Waals surface area contributed by atoms with E-state index in [9.17, 15) is 24.3 Å². The first-order valence-electron chi connectivity index (χ1n) is 14.2. The van der Waals surface area contributed by atoms with Crippen LogP contribution in [0.5, 0.6) is 0 Å². The number of benzene rings is 3. The molecule has 3 aromatic rings. The second-order valence-corrected chi connectivity index (χ2v) is 15.6. The molecular weight excluding hydrogens is 550 g/mol. The van der Waals surface area contributed by atoms with E-state index in [1.54, 1.807) is 36.2 Å². The third-order valence-electron chi connectivity index (χ3n) is 8.45. The maximum absolute atomic E-state index is 13.8. The standard InChI is InChI=1S/C32H37N3O6Si/c1-22-30(42(2,3)40)28(19-29(38)34(16-17-36)20-23-10-6-4-7-11-23)41-32(22)26-18-25(14-15-27(26)33-31(32)39)35(21-37)24-12-8-5-9-13-24/h4-15,18,21-22,28,30,36,40H,16-17,19-20H2,1-3H3,(H,33,39)/t22-,28+,30-,32+/m0/s1. The highest BCUT2D eigenvalue weighted by molar-refractivity contribution is 6.71. The summed E-state index contributed by atoms with van der Waals surface area (Å²) < 4.78 is 6.67. The molecule has 1 fully saturated rings. The molecule has 1 saturated heterocycles. The van der Waals surface area contributed by atoms with Gasteiger partial charge in [0.05, 0.1) is 19.1 Å². The molecule has 0 radical (unpaired) electrons. The van der Waals surface area contributed by atoms with Crippen molar-refractivity contribution in [2.24, 2.45) is 5.92 Å². The van der Waals surface area contributed by atoms with Gasteiger partial charge in [-0.2, -0.15) is 0 Å². The Labute approximate surface area is 246 Å². The average molecular weight is 588 g/mol. The number of carbonyl (C=O) groups excluding carboxylic acids is 3. The normalized spacial score (nSPS) is 23.0. The number of aliphatic hydroxyl groups excluding tert-OH is 1. The van der Waals surface area contributed by atoms with Crippen LogP contribution in [0, 0.1) is 5.92 Å². The number of nitrogens with zero attached hydrogens (tertiary/aromatic N) is 2. The second kappa shape index (κ2) is 11.8. The Bertz CT molecular complexity index is 1450. The summed E-state index contributed by atoms with van der Waals surface area (Å²) in [4.78, 5) is 54.1. The number of hydrogen-bond acceptors (Lipinski definition) is 6. The zero-order chi connectivity index (χ0) is 30.1. The molecule has 4 atom stereocenters. The number of aliphatic hydroxyl groups is 1. The first-order valence-corrected chi connectivity index (χ1v) is 17.2. The molecule has 0 aromatic heterocycles. The molecule has 3 N–H and O–H groups in total. The molecular formula is C32H37N3O6Si. The molecule has 3 amide bonds. The number of hydrogen-bond donors (Lipinski definition) is 3. The Morgan fingerprint density at radius 2 is 1.71 bits per heavy atom. The van der Waals surface area contributed by atoms with Crippen LogP contribution in [0.3, 0.4) is 0 Å². The Morgan fingerprint density at radius 1 is 1.05 bits per heavy atom. The van der Waals surface area contributed by atoms with Crippen molar-refractivity contribution < 1.29 is 29.0 Å². The highest BCUT2D eigenvalue weighted by Gasteiger charge is 2.65. The minimum absolute atomic E-state index is 0.0483. The number of carbonyl (C=O) groups is 3. The predicted molar refractivity (Wildman–Crippen MR) is 162 cm³/mol. The zero-order valence-electron chi connectivity index (χ0n) is 24.1. The number of nitrogens with one attached hydrogen (secondary N) is 1. The summed E-state index contributed by atoms with van der Waals surface area (Å²) in [5.41, 5.74) is 1.44. The monoisotopic (exact) mass is 587 g/mol. The Kier molecular flexibility index (Phi) is 8.34. The highest BCUT2D eigenvalue weighted by atomic mass is 28.4. The Hall–Kier alpha value is -3.83. The van der Waals surface area contributed by atoms with Crippen molar-refractivity contribution >= 4 is 43.6 Å². The zero-order valence-corrected chi connectivity index (χ0v) is 25.1. The summed E-state index contributed by atoms with van der Waals surface area (Å²) in [5.74, 6) is -1.04. The number of rotatable bonds is 10. The van der Waals surface area contributed by atoms with E-state index in [0.29, 0.717) is 29.2 Å². The quantitative estimate of drug-likeness (QED) is 0.242. The molecule has 0 unspecified atom stereocenters. The van der Waals surface area contributed by atoms with Gasteiger partial charge in [0.25, 0.3) is 5.91 Å². The third kappa shape index (κ3) is 5.38. The number of para-hydroxylation sites is 1. The second-order valence-electron chi connectivity index (χ2n) is 11.6. The minimum Gasteiger partial charge on any atom is -0.432 e. The van der Waals surface area contributed by atoms with Crippen LogP contribution in [0.15, 0.2) is 78.9 Å². The van der Waals surface area contributed by atoms with Crippen LogP contribution < -0.4 is 10.2 Å². The van der Waals surface area contributed by atoms with E-state index in [1.165, 1.54) is 4.90 Å². The molecule has 3 aromatic carbocycles. The third-order valence-corrected chi connectivity index (χ3v) is 11.0. The van der Waals surface area contributed by atoms with Crippen molar-refractivity contribution in [3.8, 4) is 0 Å². The number of ether oxygens (including phenoxy) is 1. The lowest BCUT2D eigenvalue weighted by Gasteiger charge is -2.32. The van der Waals surface area contributed by atoms with Crippen LogP contribution in [0.2, 0.25) is 18.6 Å². The molecule has 1 spiro atoms. The summed E-state index contributed by atoms with van der Waals surface area (Å²) in [7, 11) is -2.98. The van der Waals surface area contributed by atoms with Crippen molar-refractivity contribution in [3.05, 3.63) is 90.0 Å². The molecule has 0 bridgehead atoms. The van der Waals surface area contributed by atoms with Gasteiger partial charge >= 0.3 is 0 Å². The molecule has 2 aliphatic rings. The summed E-state index contributed by atoms with van der Waals surface area (Å²) in [6.45, 7) is 5.78. The molecule has 0 aliphatic carbocycles. The molecule has 42 heavy (non-hydrogen) atoms. The lowest BCUT2D eigenvalue weighted by Crippen LogP contribution is -2.44. The summed E-state index contributed by atoms with van der Waals surface area (Å²) in [6.07, 6.45) is -0.0516. The van der Waals surface area contributed by atoms with Gasteiger partial charge in [-0.1, -0.05) is 55.5 Å². The fourth-order valence-electron chi connectivity index (χ4n) is 6.61. The summed E-state index contributed by atoms with van der Waals surface area (Å²) in [6, 6.07) is 24.0. The van der Waals surface area contributed by atoms with Gasteiger partial charge in [-0.05, 0) is 49.0 Å². The lowest BCUT2D eigenvalue weighted by atomic mass is 9.82. The molecule has 9 nitrogen and oxygen atoms in total. The summed E-state index contributed by atoms with van der Waals surface area (Å²) >= 11 is 0. The van der Waals surface area contributed by atoms with Crippen LogP contribution in [0.4, 0.5) is 17.1 Å². The maximum atomic E-state index is 13.8. The predicted octanol–water partition coefficient (Wildman–Crippen LogP) is 4.14. The van der Waals surface area contributed by atoms with E-state index >= 15 is 0 Å². The van der Waals surface area contributed by atoms with Gasteiger partial charge in [-0.25, -0.2) is 0 Å². The molecule has 5 rings (SSSR count). The fraction of sp³-hybridized carbons (Fsp3) is 0.344. The first kappa shape index (κ1) is 29.7. The van der Waals surface area contributed by atoms with Crippen LogP contribution in [0.25, 0.3) is 0 Å². The van der Waals surface area contributed by atoms with E-state index in [-0.39, 0.29) is 31.4 Å². The fourth-order valence-corrected chi connectivity index (χ4v) is 9.17. The van der Waals surface area contributed by atoms with Gasteiger partial charge in [-0.3, -0.25) is 19.3 Å². The van der Waals surface area contributed by atoms with Crippen LogP contribution in [-0.2, 0) is 31.3 Å². The molecule has 10 heteroatoms. The average Bonchev–Trinajstić information content (AvgIpc) is 3.42. The minimum atomic E-state index is -2.98. The van der Waals surface area contributed by atoms with Gasteiger partial charge in [-0.15, -0.1) is 0 Å². The van der Waals surface area contributed by atoms with Crippen molar-refractivity contribution in [2.75, 3.05) is 23.4 Å². The SMILES string of the molecule is C[C@H]1[C@H]([Si](C)(C)O)[C@@H](CC(=O)N(CCO)Cc2ccccc2)O[C@]12C(=O)Nc1ccc(N(C=O)c3ccccc3)cc12. The largest absolute Gasteiger partial charge is 0.432 e. The number of fused-ring (bicyclic) bond motifs is 2. The van der Waals surface area contributed by atoms with Crippen molar-refractivity contribution in [2.45, 2.75) is 50.2 Å². The lowest BCUT2D eigenvalue weighted by molar-refractivity contribution is -0.148. The van der Waals surface area contributed by atoms with Gasteiger partial charge in [0.15, 0.2) is 13.9 Å². The van der Waals surface area contributed by atoms with Crippen molar-refractivity contribution in [1.29, 1.82) is 0 Å². The van der Waals surface area contributed by atoms with E-state index in [4.69, 9.17) is 4.74 Å². The first-order chi connectivity index (χ1) is 20.1. The summed E-state index contributed by atoms with van der Waals surface area (Å²) in [5, 5.41) is 12.6. The van der Waals surface area contributed by atoms with E-state index in [2.05, 4.69) is 5.32 Å². The number of anilines is 3. The van der Waals surface area contributed by atoms with E-state index in [1.807, 2.05) is 67.6 Å². The van der Waals surface area contributed by atoms with Gasteiger partial charge in [0.2, 0.25) is 12.3 Å². The van der Waals surface area contributed by atoms with E-state index < -0.39 is 31.5 Å². The van der Waals surface area contributed by atoms with Crippen LogP contribution in [0.1, 0.15) is 24.5 Å². The topological polar surface area (TPSA) is 119 Å². The molecule has 0 saturated carbocycles. The number of amides is 3. The van der Waals surface area contributed by atoms with Gasteiger partial charge < -0.3 is 24.9 Å². The molecule has 2 heterocycles. The highest BCUT2D eigenvalue weighted by Crippen LogP contribution is 2.58. The van der Waals surface area contributed by atoms with Crippen LogP contribution >= 0.6 is 0 Å². The van der Waals surface area contributed by atoms with Gasteiger partial charge in [0, 0.05) is 47.2 Å². The van der Waals surface area contributed by atoms with Crippen molar-refractivity contribution in [1.82, 2.24) is 4.90 Å². The maximum Gasteiger partial charge on any atom is 0.261 e. The molecule has 220 valence electrons. The van der Waals surface area contributed by atoms with E-state index in [0.717, 1.165) is 12.0 Å². The molecule has 2 aliphatic heterocycles. The van der Waals surface area contributed by atoms with Crippen LogP contribution in [-0.4, -0.2) is 60.6 Å². The van der Waals surface area contributed by atoms with Crippen molar-refractivity contribution in [3.63, 3.8) is 0 Å². The smallest absolute Gasteiger partial charge is 0.261 e.